The Bertz CT molecular complexity index is 340. The van der Waals surface area contributed by atoms with E-state index in [0.717, 1.165) is 0 Å². The van der Waals surface area contributed by atoms with Gasteiger partial charge in [0, 0.05) is 32.1 Å². The van der Waals surface area contributed by atoms with E-state index in [9.17, 15) is 4.79 Å². The highest BCUT2D eigenvalue weighted by Gasteiger charge is 2.14. The van der Waals surface area contributed by atoms with Crippen molar-refractivity contribution in [2.75, 3.05) is 26.8 Å². The molecule has 2 N–H and O–H groups in total. The van der Waals surface area contributed by atoms with E-state index in [4.69, 9.17) is 4.74 Å². The molecule has 0 bridgehead atoms. The molecule has 0 aliphatic rings. The maximum atomic E-state index is 11.5. The number of nitrogens with one attached hydrogen (secondary N) is 2. The predicted molar refractivity (Wildman–Crippen MR) is 69.3 cm³/mol. The van der Waals surface area contributed by atoms with E-state index in [1.807, 2.05) is 23.9 Å². The van der Waals surface area contributed by atoms with Gasteiger partial charge in [-0.15, -0.1) is 0 Å². The number of carbonyl (C=O) groups excluding carboxylic acids is 1. The molecule has 0 saturated heterocycles. The summed E-state index contributed by atoms with van der Waals surface area (Å²) in [6.07, 6.45) is 3.67. The molecule has 0 aromatic carbocycles. The second-order valence-electron chi connectivity index (χ2n) is 4.24. The number of amides is 1. The number of hydrogen-bond acceptors (Lipinski definition) is 4. The van der Waals surface area contributed by atoms with Crippen molar-refractivity contribution in [3.05, 3.63) is 18.5 Å². The average molecular weight is 254 g/mol. The minimum atomic E-state index is -0.0217. The smallest absolute Gasteiger partial charge is 0.234 e. The van der Waals surface area contributed by atoms with Crippen molar-refractivity contribution in [2.24, 2.45) is 0 Å². The Labute approximate surface area is 108 Å². The Morgan fingerprint density at radius 2 is 2.28 bits per heavy atom. The third kappa shape index (κ3) is 4.85. The molecule has 0 aliphatic carbocycles. The molecule has 1 rings (SSSR count). The molecular formula is C12H22N4O2. The van der Waals surface area contributed by atoms with Gasteiger partial charge in [-0.25, -0.2) is 0 Å². The van der Waals surface area contributed by atoms with E-state index in [0.29, 0.717) is 19.7 Å². The summed E-state index contributed by atoms with van der Waals surface area (Å²) < 4.78 is 6.73. The summed E-state index contributed by atoms with van der Waals surface area (Å²) >= 11 is 0. The molecule has 18 heavy (non-hydrogen) atoms. The van der Waals surface area contributed by atoms with Crippen LogP contribution in [0.4, 0.5) is 0 Å². The Morgan fingerprint density at radius 3 is 2.89 bits per heavy atom. The van der Waals surface area contributed by atoms with Crippen molar-refractivity contribution in [2.45, 2.75) is 25.9 Å². The first-order valence-electron chi connectivity index (χ1n) is 6.13. The SMILES string of the molecule is COCCNC(=O)CN[C@@H](C)[C@@H](C)n1cccn1. The molecule has 1 heterocycles. The van der Waals surface area contributed by atoms with E-state index in [1.54, 1.807) is 13.3 Å². The maximum absolute atomic E-state index is 11.5. The molecule has 0 radical (unpaired) electrons. The van der Waals surface area contributed by atoms with Gasteiger partial charge < -0.3 is 15.4 Å². The van der Waals surface area contributed by atoms with E-state index < -0.39 is 0 Å². The van der Waals surface area contributed by atoms with Gasteiger partial charge in [-0.1, -0.05) is 0 Å². The average Bonchev–Trinajstić information content (AvgIpc) is 2.89. The van der Waals surface area contributed by atoms with Crippen LogP contribution >= 0.6 is 0 Å². The topological polar surface area (TPSA) is 68.2 Å². The molecule has 0 saturated carbocycles. The quantitative estimate of drug-likeness (QED) is 0.650. The zero-order valence-corrected chi connectivity index (χ0v) is 11.2. The second kappa shape index (κ2) is 7.84. The van der Waals surface area contributed by atoms with Crippen molar-refractivity contribution in [1.82, 2.24) is 20.4 Å². The van der Waals surface area contributed by atoms with Gasteiger partial charge in [0.2, 0.25) is 5.91 Å². The highest BCUT2D eigenvalue weighted by molar-refractivity contribution is 5.77. The lowest BCUT2D eigenvalue weighted by Gasteiger charge is -2.21. The number of nitrogens with zero attached hydrogens (tertiary/aromatic N) is 2. The van der Waals surface area contributed by atoms with Crippen molar-refractivity contribution >= 4 is 5.91 Å². The molecule has 0 aliphatic heterocycles. The number of aromatic nitrogens is 2. The molecule has 6 heteroatoms. The van der Waals surface area contributed by atoms with Crippen LogP contribution in [0.1, 0.15) is 19.9 Å². The summed E-state index contributed by atoms with van der Waals surface area (Å²) in [6, 6.07) is 2.26. The van der Waals surface area contributed by atoms with Crippen LogP contribution in [0, 0.1) is 0 Å². The number of rotatable bonds is 8. The summed E-state index contributed by atoms with van der Waals surface area (Å²) in [7, 11) is 1.61. The highest BCUT2D eigenvalue weighted by Crippen LogP contribution is 2.08. The Kier molecular flexibility index (Phi) is 6.38. The fourth-order valence-electron chi connectivity index (χ4n) is 1.53. The van der Waals surface area contributed by atoms with Crippen LogP contribution < -0.4 is 10.6 Å². The normalized spacial score (nSPS) is 14.2. The number of hydrogen-bond donors (Lipinski definition) is 2. The lowest BCUT2D eigenvalue weighted by atomic mass is 10.2. The summed E-state index contributed by atoms with van der Waals surface area (Å²) in [5.41, 5.74) is 0. The minimum absolute atomic E-state index is 0.0217. The molecule has 6 nitrogen and oxygen atoms in total. The van der Waals surface area contributed by atoms with Gasteiger partial charge in [-0.2, -0.15) is 5.10 Å². The highest BCUT2D eigenvalue weighted by atomic mass is 16.5. The summed E-state index contributed by atoms with van der Waals surface area (Å²) in [5.74, 6) is -0.0217. The van der Waals surface area contributed by atoms with Crippen LogP contribution in [-0.2, 0) is 9.53 Å². The van der Waals surface area contributed by atoms with Gasteiger partial charge in [0.05, 0.1) is 19.2 Å². The Hall–Kier alpha value is -1.40. The standard InChI is InChI=1S/C12H22N4O2/c1-10(11(2)16-7-4-5-15-16)14-9-12(17)13-6-8-18-3/h4-5,7,10-11,14H,6,8-9H2,1-3H3,(H,13,17)/t10-,11+/m0/s1. The summed E-state index contributed by atoms with van der Waals surface area (Å²) in [4.78, 5) is 11.5. The molecule has 0 unspecified atom stereocenters. The first-order valence-corrected chi connectivity index (χ1v) is 6.13. The fraction of sp³-hybridized carbons (Fsp3) is 0.667. The molecule has 102 valence electrons. The Balaban J connectivity index is 2.24. The molecule has 1 amide bonds. The molecule has 1 aromatic heterocycles. The van der Waals surface area contributed by atoms with Crippen LogP contribution in [0.25, 0.3) is 0 Å². The van der Waals surface area contributed by atoms with Crippen molar-refractivity contribution in [3.8, 4) is 0 Å². The van der Waals surface area contributed by atoms with Crippen LogP contribution in [-0.4, -0.2) is 48.5 Å². The number of methoxy groups -OCH3 is 1. The van der Waals surface area contributed by atoms with E-state index in [-0.39, 0.29) is 18.0 Å². The predicted octanol–water partition coefficient (Wildman–Crippen LogP) is 0.185. The minimum Gasteiger partial charge on any atom is -0.383 e. The Morgan fingerprint density at radius 1 is 1.50 bits per heavy atom. The molecule has 0 spiro atoms. The second-order valence-corrected chi connectivity index (χ2v) is 4.24. The van der Waals surface area contributed by atoms with Gasteiger partial charge in [-0.05, 0) is 19.9 Å². The zero-order valence-electron chi connectivity index (χ0n) is 11.2. The van der Waals surface area contributed by atoms with Gasteiger partial charge in [0.1, 0.15) is 0 Å². The third-order valence-corrected chi connectivity index (χ3v) is 2.88. The monoisotopic (exact) mass is 254 g/mol. The van der Waals surface area contributed by atoms with Crippen LogP contribution in [0.5, 0.6) is 0 Å². The largest absolute Gasteiger partial charge is 0.383 e. The first-order chi connectivity index (χ1) is 8.65. The summed E-state index contributed by atoms with van der Waals surface area (Å²) in [5, 5.41) is 10.1. The van der Waals surface area contributed by atoms with Gasteiger partial charge >= 0.3 is 0 Å². The van der Waals surface area contributed by atoms with E-state index in [1.165, 1.54) is 0 Å². The lowest BCUT2D eigenvalue weighted by molar-refractivity contribution is -0.120. The molecule has 1 aromatic rings. The van der Waals surface area contributed by atoms with Crippen LogP contribution in [0.15, 0.2) is 18.5 Å². The maximum Gasteiger partial charge on any atom is 0.234 e. The van der Waals surface area contributed by atoms with Crippen molar-refractivity contribution in [1.29, 1.82) is 0 Å². The van der Waals surface area contributed by atoms with Gasteiger partial charge in [0.15, 0.2) is 0 Å². The van der Waals surface area contributed by atoms with E-state index in [2.05, 4.69) is 22.7 Å². The lowest BCUT2D eigenvalue weighted by Crippen LogP contribution is -2.41. The third-order valence-electron chi connectivity index (χ3n) is 2.88. The molecule has 0 fully saturated rings. The van der Waals surface area contributed by atoms with E-state index >= 15 is 0 Å². The van der Waals surface area contributed by atoms with Crippen molar-refractivity contribution < 1.29 is 9.53 Å². The van der Waals surface area contributed by atoms with Crippen LogP contribution in [0.2, 0.25) is 0 Å². The molecular weight excluding hydrogens is 232 g/mol. The summed E-state index contributed by atoms with van der Waals surface area (Å²) in [6.45, 7) is 5.48. The number of carbonyl (C=O) groups is 1. The molecule has 2 atom stereocenters. The van der Waals surface area contributed by atoms with Gasteiger partial charge in [0.25, 0.3) is 0 Å². The first kappa shape index (κ1) is 14.7. The van der Waals surface area contributed by atoms with Crippen LogP contribution in [0.3, 0.4) is 0 Å². The number of ether oxygens (including phenoxy) is 1. The van der Waals surface area contributed by atoms with Gasteiger partial charge in [-0.3, -0.25) is 9.48 Å². The fourth-order valence-corrected chi connectivity index (χ4v) is 1.53. The van der Waals surface area contributed by atoms with Crippen molar-refractivity contribution in [3.63, 3.8) is 0 Å². The zero-order chi connectivity index (χ0) is 13.4.